The van der Waals surface area contributed by atoms with Crippen molar-refractivity contribution in [3.8, 4) is 0 Å². The molecule has 0 bridgehead atoms. The second kappa shape index (κ2) is 21.5. The Labute approximate surface area is 359 Å². The van der Waals surface area contributed by atoms with Crippen LogP contribution in [0.3, 0.4) is 0 Å². The monoisotopic (exact) mass is 850 g/mol. The summed E-state index contributed by atoms with van der Waals surface area (Å²) < 4.78 is 36.8. The second-order valence-corrected chi connectivity index (χ2v) is 15.4. The van der Waals surface area contributed by atoms with Crippen LogP contribution in [-0.2, 0) is 28.7 Å². The molecule has 2 aliphatic rings. The second-order valence-electron chi connectivity index (χ2n) is 14.5. The largest absolute Gasteiger partial charge is 0.465 e. The SMILES string of the molecule is CCOC(=O)[C@@H]1C(=O)C=C(c2ccc(Cl)cc2)C[C@H]1c1ccc(F)cc1.CCOC(=O)[C@H]1C(=O)C=C(c2ccc(Cl)cc2)C[C@@H]1c1ccc(F)cc1.Cc1ccc(C)cc1. The summed E-state index contributed by atoms with van der Waals surface area (Å²) in [7, 11) is 0. The molecule has 6 nitrogen and oxygen atoms in total. The molecule has 4 atom stereocenters. The first-order valence-corrected chi connectivity index (χ1v) is 20.4. The van der Waals surface area contributed by atoms with Crippen molar-refractivity contribution in [3.05, 3.63) is 189 Å². The van der Waals surface area contributed by atoms with Gasteiger partial charge in [-0.15, -0.1) is 0 Å². The lowest BCUT2D eigenvalue weighted by atomic mass is 9.73. The summed E-state index contributed by atoms with van der Waals surface area (Å²) in [6, 6.07) is 34.7. The van der Waals surface area contributed by atoms with Gasteiger partial charge in [0.25, 0.3) is 0 Å². The first kappa shape index (κ1) is 45.4. The normalized spacial score (nSPS) is 18.4. The minimum absolute atomic E-state index is 0.201. The summed E-state index contributed by atoms with van der Waals surface area (Å²) in [6.07, 6.45) is 3.96. The number of hydrogen-bond acceptors (Lipinski definition) is 6. The Balaban J connectivity index is 0.000000192. The summed E-state index contributed by atoms with van der Waals surface area (Å²) in [5.41, 5.74) is 7.51. The summed E-state index contributed by atoms with van der Waals surface area (Å²) in [5, 5.41) is 1.21. The zero-order chi connectivity index (χ0) is 43.3. The van der Waals surface area contributed by atoms with Gasteiger partial charge in [0.2, 0.25) is 0 Å². The van der Waals surface area contributed by atoms with E-state index in [-0.39, 0.29) is 36.4 Å². The summed E-state index contributed by atoms with van der Waals surface area (Å²) >= 11 is 11.9. The predicted octanol–water partition coefficient (Wildman–Crippen LogP) is 11.9. The number of benzene rings is 5. The van der Waals surface area contributed by atoms with Crippen LogP contribution in [-0.4, -0.2) is 36.7 Å². The van der Waals surface area contributed by atoms with Gasteiger partial charge in [0.05, 0.1) is 13.2 Å². The van der Waals surface area contributed by atoms with Crippen molar-refractivity contribution < 1.29 is 37.4 Å². The molecule has 0 saturated heterocycles. The molecular weight excluding hydrogens is 805 g/mol. The molecule has 0 N–H and O–H groups in total. The van der Waals surface area contributed by atoms with Gasteiger partial charge in [0, 0.05) is 21.9 Å². The van der Waals surface area contributed by atoms with Crippen LogP contribution in [0, 0.1) is 37.3 Å². The number of ketones is 2. The van der Waals surface area contributed by atoms with E-state index in [1.54, 1.807) is 62.4 Å². The number of esters is 2. The molecule has 60 heavy (non-hydrogen) atoms. The molecule has 7 rings (SSSR count). The maximum Gasteiger partial charge on any atom is 0.317 e. The van der Waals surface area contributed by atoms with E-state index in [1.807, 2.05) is 24.3 Å². The van der Waals surface area contributed by atoms with Gasteiger partial charge < -0.3 is 9.47 Å². The molecule has 0 aliphatic heterocycles. The third-order valence-corrected chi connectivity index (χ3v) is 10.8. The number of allylic oxidation sites excluding steroid dienone is 4. The molecule has 5 aromatic carbocycles. The fourth-order valence-corrected chi connectivity index (χ4v) is 7.43. The van der Waals surface area contributed by atoms with E-state index in [9.17, 15) is 28.0 Å². The lowest BCUT2D eigenvalue weighted by molar-refractivity contribution is -0.153. The van der Waals surface area contributed by atoms with Crippen molar-refractivity contribution in [3.63, 3.8) is 0 Å². The van der Waals surface area contributed by atoms with Crippen LogP contribution < -0.4 is 0 Å². The number of aryl methyl sites for hydroxylation is 2. The zero-order valence-electron chi connectivity index (χ0n) is 33.8. The number of carbonyl (C=O) groups excluding carboxylic acids is 4. The molecule has 0 unspecified atom stereocenters. The van der Waals surface area contributed by atoms with Gasteiger partial charge in [0.1, 0.15) is 23.5 Å². The molecule has 2 aliphatic carbocycles. The highest BCUT2D eigenvalue weighted by Gasteiger charge is 2.41. The highest BCUT2D eigenvalue weighted by Crippen LogP contribution is 2.42. The molecule has 0 heterocycles. The van der Waals surface area contributed by atoms with Gasteiger partial charge in [-0.25, -0.2) is 8.78 Å². The molecule has 310 valence electrons. The summed E-state index contributed by atoms with van der Waals surface area (Å²) in [6.45, 7) is 8.00. The minimum Gasteiger partial charge on any atom is -0.465 e. The third-order valence-electron chi connectivity index (χ3n) is 10.3. The van der Waals surface area contributed by atoms with Crippen LogP contribution in [0.4, 0.5) is 8.78 Å². The molecule has 0 radical (unpaired) electrons. The maximum atomic E-state index is 13.3. The number of halogens is 4. The van der Waals surface area contributed by atoms with Gasteiger partial charge in [-0.2, -0.15) is 0 Å². The zero-order valence-corrected chi connectivity index (χ0v) is 35.3. The molecule has 10 heteroatoms. The van der Waals surface area contributed by atoms with E-state index in [0.717, 1.165) is 33.4 Å². The minimum atomic E-state index is -0.920. The standard InChI is InChI=1S/2C21H18ClFO3.C8H10/c2*1-2-26-21(25)20-18(14-5-9-17(23)10-6-14)11-15(12-19(20)24)13-3-7-16(22)8-4-13;1-7-3-5-8(2)6-4-7/h2*3-10,12,18,20H,2,11H2,1H3;3-6H,1-2H3/t2*18-,20-;/m10./s1. The first-order chi connectivity index (χ1) is 28.8. The highest BCUT2D eigenvalue weighted by atomic mass is 35.5. The molecular formula is C50H46Cl2F2O6. The van der Waals surface area contributed by atoms with Crippen LogP contribution in [0.1, 0.15) is 71.9 Å². The van der Waals surface area contributed by atoms with E-state index in [0.29, 0.717) is 22.9 Å². The smallest absolute Gasteiger partial charge is 0.317 e. The Hall–Kier alpha value is -5.70. The van der Waals surface area contributed by atoms with Crippen LogP contribution >= 0.6 is 23.2 Å². The van der Waals surface area contributed by atoms with Crippen molar-refractivity contribution in [1.29, 1.82) is 0 Å². The van der Waals surface area contributed by atoms with Crippen molar-refractivity contribution in [2.45, 2.75) is 52.4 Å². The van der Waals surface area contributed by atoms with E-state index < -0.39 is 35.6 Å². The van der Waals surface area contributed by atoms with Crippen molar-refractivity contribution in [2.24, 2.45) is 11.8 Å². The lowest BCUT2D eigenvalue weighted by Gasteiger charge is -2.29. The lowest BCUT2D eigenvalue weighted by Crippen LogP contribution is -2.34. The van der Waals surface area contributed by atoms with Crippen LogP contribution in [0.15, 0.2) is 133 Å². The van der Waals surface area contributed by atoms with Crippen molar-refractivity contribution >= 4 is 57.9 Å². The van der Waals surface area contributed by atoms with Crippen LogP contribution in [0.2, 0.25) is 10.0 Å². The molecule has 0 saturated carbocycles. The Bertz CT molecular complexity index is 2150. The summed E-state index contributed by atoms with van der Waals surface area (Å²) in [4.78, 5) is 50.2. The highest BCUT2D eigenvalue weighted by molar-refractivity contribution is 6.31. The number of rotatable bonds is 8. The Morgan fingerprint density at radius 2 is 0.850 bits per heavy atom. The summed E-state index contributed by atoms with van der Waals surface area (Å²) in [5.74, 6) is -5.06. The Morgan fingerprint density at radius 1 is 0.533 bits per heavy atom. The van der Waals surface area contributed by atoms with E-state index in [1.165, 1.54) is 47.5 Å². The molecule has 0 amide bonds. The van der Waals surface area contributed by atoms with Gasteiger partial charge >= 0.3 is 11.9 Å². The van der Waals surface area contributed by atoms with E-state index in [4.69, 9.17) is 32.7 Å². The van der Waals surface area contributed by atoms with Gasteiger partial charge in [-0.3, -0.25) is 19.2 Å². The first-order valence-electron chi connectivity index (χ1n) is 19.7. The molecule has 0 fully saturated rings. The number of carbonyl (C=O) groups is 4. The van der Waals surface area contributed by atoms with Crippen molar-refractivity contribution in [1.82, 2.24) is 0 Å². The van der Waals surface area contributed by atoms with Crippen LogP contribution in [0.25, 0.3) is 11.1 Å². The Kier molecular flexibility index (Phi) is 16.3. The predicted molar refractivity (Wildman–Crippen MR) is 233 cm³/mol. The van der Waals surface area contributed by atoms with E-state index in [2.05, 4.69) is 38.1 Å². The maximum absolute atomic E-state index is 13.3. The topological polar surface area (TPSA) is 86.7 Å². The third kappa shape index (κ3) is 12.2. The number of hydrogen-bond donors (Lipinski definition) is 0. The van der Waals surface area contributed by atoms with Crippen molar-refractivity contribution in [2.75, 3.05) is 13.2 Å². The average molecular weight is 852 g/mol. The quantitative estimate of drug-likeness (QED) is 0.114. The van der Waals surface area contributed by atoms with Gasteiger partial charge in [-0.1, -0.05) is 107 Å². The fourth-order valence-electron chi connectivity index (χ4n) is 7.18. The van der Waals surface area contributed by atoms with E-state index >= 15 is 0 Å². The number of ether oxygens (including phenoxy) is 2. The Morgan fingerprint density at radius 3 is 1.15 bits per heavy atom. The van der Waals surface area contributed by atoms with Crippen LogP contribution in [0.5, 0.6) is 0 Å². The van der Waals surface area contributed by atoms with Gasteiger partial charge in [0.15, 0.2) is 11.6 Å². The van der Waals surface area contributed by atoms with Gasteiger partial charge in [-0.05, 0) is 135 Å². The molecule has 0 aromatic heterocycles. The molecule has 5 aromatic rings. The average Bonchev–Trinajstić information content (AvgIpc) is 3.23. The molecule has 0 spiro atoms. The fraction of sp³-hybridized carbons (Fsp3) is 0.240.